The molecular weight excluding hydrogens is 316 g/mol. The van der Waals surface area contributed by atoms with Gasteiger partial charge in [-0.25, -0.2) is 4.79 Å². The van der Waals surface area contributed by atoms with Crippen LogP contribution in [0.25, 0.3) is 0 Å². The Balaban J connectivity index is 5.04. The van der Waals surface area contributed by atoms with Crippen molar-refractivity contribution in [3.05, 3.63) is 0 Å². The molecule has 0 bridgehead atoms. The Kier molecular flexibility index (Phi) is 8.21. The van der Waals surface area contributed by atoms with Gasteiger partial charge in [0.2, 0.25) is 17.7 Å². The normalized spacial score (nSPS) is 14.2. The Bertz CT molecular complexity index is 494. The first kappa shape index (κ1) is 20.3. The zero-order valence-corrected chi connectivity index (χ0v) is 11.9. The molecular formula is C11H18N4O8. The lowest BCUT2D eigenvalue weighted by Gasteiger charge is -2.21. The molecule has 12 heteroatoms. The van der Waals surface area contributed by atoms with E-state index in [1.165, 1.54) is 0 Å². The summed E-state index contributed by atoms with van der Waals surface area (Å²) >= 11 is 0. The van der Waals surface area contributed by atoms with Crippen LogP contribution in [-0.2, 0) is 24.0 Å². The molecule has 9 N–H and O–H groups in total. The molecule has 0 unspecified atom stereocenters. The highest BCUT2D eigenvalue weighted by molar-refractivity contribution is 5.94. The third-order valence-corrected chi connectivity index (χ3v) is 2.57. The maximum Gasteiger partial charge on any atom is 0.326 e. The van der Waals surface area contributed by atoms with Gasteiger partial charge in [0.1, 0.15) is 18.1 Å². The van der Waals surface area contributed by atoms with Gasteiger partial charge in [0.15, 0.2) is 0 Å². The average Bonchev–Trinajstić information content (AvgIpc) is 2.43. The van der Waals surface area contributed by atoms with Crippen LogP contribution in [0.3, 0.4) is 0 Å². The summed E-state index contributed by atoms with van der Waals surface area (Å²) in [7, 11) is 0. The van der Waals surface area contributed by atoms with Crippen LogP contribution in [0.15, 0.2) is 0 Å². The van der Waals surface area contributed by atoms with E-state index >= 15 is 0 Å². The number of aliphatic carboxylic acids is 2. The minimum Gasteiger partial charge on any atom is -0.481 e. The highest BCUT2D eigenvalue weighted by Crippen LogP contribution is 1.98. The standard InChI is InChI=1S/C11H18N4O8/c12-4(3-16)9(20)14-5(2-8(18)19)10(21)15-6(11(22)23)1-7(13)17/h4-6,16H,1-3,12H2,(H2,13,17)(H,14,20)(H,15,21)(H,18,19)(H,22,23)/t4-,5-,6-/m0/s1. The Labute approximate surface area is 129 Å². The highest BCUT2D eigenvalue weighted by atomic mass is 16.4. The Morgan fingerprint density at radius 1 is 0.913 bits per heavy atom. The molecule has 0 fully saturated rings. The highest BCUT2D eigenvalue weighted by Gasteiger charge is 2.30. The van der Waals surface area contributed by atoms with Crippen LogP contribution in [0.4, 0.5) is 0 Å². The van der Waals surface area contributed by atoms with Crippen molar-refractivity contribution in [1.82, 2.24) is 10.6 Å². The lowest BCUT2D eigenvalue weighted by molar-refractivity contribution is -0.144. The fourth-order valence-corrected chi connectivity index (χ4v) is 1.42. The summed E-state index contributed by atoms with van der Waals surface area (Å²) in [6.45, 7) is -0.743. The van der Waals surface area contributed by atoms with Gasteiger partial charge in [0.05, 0.1) is 19.4 Å². The SMILES string of the molecule is NC(=O)C[C@H](NC(=O)[C@H](CC(=O)O)NC(=O)[C@@H](N)CO)C(=O)O. The van der Waals surface area contributed by atoms with Crippen molar-refractivity contribution in [1.29, 1.82) is 0 Å². The van der Waals surface area contributed by atoms with E-state index in [1.807, 2.05) is 10.6 Å². The zero-order valence-electron chi connectivity index (χ0n) is 11.9. The molecule has 0 aromatic carbocycles. The fraction of sp³-hybridized carbons (Fsp3) is 0.545. The lowest BCUT2D eigenvalue weighted by Crippen LogP contribution is -2.56. The van der Waals surface area contributed by atoms with Gasteiger partial charge in [-0.05, 0) is 0 Å². The average molecular weight is 334 g/mol. The molecule has 0 aromatic rings. The molecule has 0 radical (unpaired) electrons. The van der Waals surface area contributed by atoms with Crippen molar-refractivity contribution >= 4 is 29.7 Å². The number of carboxylic acids is 2. The van der Waals surface area contributed by atoms with Crippen LogP contribution in [0, 0.1) is 0 Å². The largest absolute Gasteiger partial charge is 0.481 e. The zero-order chi connectivity index (χ0) is 18.2. The Morgan fingerprint density at radius 3 is 1.83 bits per heavy atom. The molecule has 12 nitrogen and oxygen atoms in total. The minimum absolute atomic E-state index is 0.717. The van der Waals surface area contributed by atoms with Crippen LogP contribution in [-0.4, -0.2) is 69.7 Å². The molecule has 0 saturated heterocycles. The van der Waals surface area contributed by atoms with Gasteiger partial charge in [-0.15, -0.1) is 0 Å². The molecule has 3 atom stereocenters. The molecule has 0 aliphatic carbocycles. The van der Waals surface area contributed by atoms with Gasteiger partial charge in [-0.1, -0.05) is 0 Å². The number of nitrogens with one attached hydrogen (secondary N) is 2. The quantitative estimate of drug-likeness (QED) is 0.205. The summed E-state index contributed by atoms with van der Waals surface area (Å²) in [4.78, 5) is 55.8. The Hall–Kier alpha value is -2.73. The summed E-state index contributed by atoms with van der Waals surface area (Å²) in [5.41, 5.74) is 10.1. The van der Waals surface area contributed by atoms with E-state index in [4.69, 9.17) is 26.8 Å². The van der Waals surface area contributed by atoms with Crippen molar-refractivity contribution < 1.29 is 39.3 Å². The molecule has 0 aliphatic rings. The third-order valence-electron chi connectivity index (χ3n) is 2.57. The second-order valence-electron chi connectivity index (χ2n) is 4.52. The summed E-state index contributed by atoms with van der Waals surface area (Å²) in [6, 6.07) is -4.72. The van der Waals surface area contributed by atoms with Gasteiger partial charge in [-0.2, -0.15) is 0 Å². The number of carbonyl (C=O) groups excluding carboxylic acids is 3. The molecule has 0 saturated carbocycles. The van der Waals surface area contributed by atoms with Gasteiger partial charge < -0.3 is 37.4 Å². The predicted octanol–water partition coefficient (Wildman–Crippen LogP) is -4.29. The van der Waals surface area contributed by atoms with Gasteiger partial charge >= 0.3 is 11.9 Å². The topological polar surface area (TPSA) is 222 Å². The van der Waals surface area contributed by atoms with Crippen molar-refractivity contribution in [2.24, 2.45) is 11.5 Å². The molecule has 0 aliphatic heterocycles. The Morgan fingerprint density at radius 2 is 1.43 bits per heavy atom. The molecule has 0 aromatic heterocycles. The first-order valence-electron chi connectivity index (χ1n) is 6.28. The molecule has 130 valence electrons. The summed E-state index contributed by atoms with van der Waals surface area (Å²) < 4.78 is 0. The van der Waals surface area contributed by atoms with Crippen molar-refractivity contribution in [2.75, 3.05) is 6.61 Å². The van der Waals surface area contributed by atoms with E-state index in [0.717, 1.165) is 0 Å². The van der Waals surface area contributed by atoms with Crippen LogP contribution in [0.1, 0.15) is 12.8 Å². The van der Waals surface area contributed by atoms with E-state index in [0.29, 0.717) is 0 Å². The third kappa shape index (κ3) is 7.73. The lowest BCUT2D eigenvalue weighted by atomic mass is 10.1. The monoisotopic (exact) mass is 334 g/mol. The number of carboxylic acid groups (broad SMARTS) is 2. The smallest absolute Gasteiger partial charge is 0.326 e. The van der Waals surface area contributed by atoms with Gasteiger partial charge in [0, 0.05) is 0 Å². The molecule has 23 heavy (non-hydrogen) atoms. The van der Waals surface area contributed by atoms with Crippen molar-refractivity contribution in [3.8, 4) is 0 Å². The number of primary amides is 1. The number of nitrogens with two attached hydrogens (primary N) is 2. The van der Waals surface area contributed by atoms with Gasteiger partial charge in [0.25, 0.3) is 0 Å². The number of rotatable bonds is 10. The number of aliphatic hydroxyl groups is 1. The molecule has 0 heterocycles. The van der Waals surface area contributed by atoms with Gasteiger partial charge in [-0.3, -0.25) is 19.2 Å². The maximum absolute atomic E-state index is 11.9. The first-order valence-corrected chi connectivity index (χ1v) is 6.28. The maximum atomic E-state index is 11.9. The van der Waals surface area contributed by atoms with Crippen LogP contribution < -0.4 is 22.1 Å². The van der Waals surface area contributed by atoms with Crippen LogP contribution in [0.2, 0.25) is 0 Å². The molecule has 0 spiro atoms. The van der Waals surface area contributed by atoms with E-state index in [2.05, 4.69) is 0 Å². The van der Waals surface area contributed by atoms with E-state index in [9.17, 15) is 24.0 Å². The fourth-order valence-electron chi connectivity index (χ4n) is 1.42. The van der Waals surface area contributed by atoms with E-state index < -0.39 is 67.2 Å². The summed E-state index contributed by atoms with van der Waals surface area (Å²) in [6.07, 6.45) is -1.58. The second kappa shape index (κ2) is 9.32. The molecule has 0 rings (SSSR count). The van der Waals surface area contributed by atoms with Crippen molar-refractivity contribution in [3.63, 3.8) is 0 Å². The second-order valence-corrected chi connectivity index (χ2v) is 4.52. The summed E-state index contributed by atoms with van der Waals surface area (Å²) in [5.74, 6) is -6.18. The van der Waals surface area contributed by atoms with E-state index in [-0.39, 0.29) is 0 Å². The number of hydrogen-bond acceptors (Lipinski definition) is 7. The number of amides is 3. The number of aliphatic hydroxyl groups excluding tert-OH is 1. The molecule has 3 amide bonds. The van der Waals surface area contributed by atoms with E-state index in [1.54, 1.807) is 0 Å². The summed E-state index contributed by atoms with van der Waals surface area (Å²) in [5, 5.41) is 30.2. The predicted molar refractivity (Wildman–Crippen MR) is 72.6 cm³/mol. The van der Waals surface area contributed by atoms with Crippen molar-refractivity contribution in [2.45, 2.75) is 31.0 Å². The number of hydrogen-bond donors (Lipinski definition) is 7. The first-order chi connectivity index (χ1) is 10.6. The van der Waals surface area contributed by atoms with Crippen LogP contribution in [0.5, 0.6) is 0 Å². The minimum atomic E-state index is -1.68. The van der Waals surface area contributed by atoms with Crippen LogP contribution >= 0.6 is 0 Å². The number of carbonyl (C=O) groups is 5.